The van der Waals surface area contributed by atoms with Crippen LogP contribution in [0.4, 0.5) is 14.9 Å². The van der Waals surface area contributed by atoms with E-state index in [1.807, 2.05) is 0 Å². The van der Waals surface area contributed by atoms with Gasteiger partial charge in [0.15, 0.2) is 0 Å². The van der Waals surface area contributed by atoms with Crippen molar-refractivity contribution < 1.29 is 17.6 Å². The smallest absolute Gasteiger partial charge is 0.292 e. The summed E-state index contributed by atoms with van der Waals surface area (Å²) in [5.74, 6) is -0.0183. The van der Waals surface area contributed by atoms with Crippen molar-refractivity contribution in [2.45, 2.75) is 37.1 Å². The molecular formula is C20H21FN2O3S. The van der Waals surface area contributed by atoms with E-state index in [2.05, 4.69) is 0 Å². The Morgan fingerprint density at radius 3 is 2.37 bits per heavy atom. The largest absolute Gasteiger partial charge is 0.338 e. The molecule has 0 spiro atoms. The maximum Gasteiger partial charge on any atom is 0.338 e. The van der Waals surface area contributed by atoms with Crippen LogP contribution in [0.5, 0.6) is 0 Å². The maximum absolute atomic E-state index is 13.2. The number of para-hydroxylation sites is 1. The molecule has 2 aromatic rings. The van der Waals surface area contributed by atoms with Crippen molar-refractivity contribution in [1.29, 1.82) is 0 Å². The average Bonchev–Trinajstić information content (AvgIpc) is 3.17. The summed E-state index contributed by atoms with van der Waals surface area (Å²) in [7, 11) is -3.96. The fourth-order valence-corrected chi connectivity index (χ4v) is 5.45. The summed E-state index contributed by atoms with van der Waals surface area (Å²) in [4.78, 5) is 14.9. The van der Waals surface area contributed by atoms with Gasteiger partial charge in [-0.3, -0.25) is 4.90 Å². The maximum atomic E-state index is 13.2. The minimum Gasteiger partial charge on any atom is -0.292 e. The molecule has 0 saturated heterocycles. The van der Waals surface area contributed by atoms with Gasteiger partial charge in [-0.05, 0) is 48.6 Å². The lowest BCUT2D eigenvalue weighted by molar-refractivity contribution is 0.225. The monoisotopic (exact) mass is 388 g/mol. The minimum atomic E-state index is -3.96. The normalized spacial score (nSPS) is 19.4. The number of carbonyl (C=O) groups excluding carboxylic acids is 1. The van der Waals surface area contributed by atoms with Crippen LogP contribution in [0.15, 0.2) is 53.4 Å². The van der Waals surface area contributed by atoms with Gasteiger partial charge in [0.25, 0.3) is 10.0 Å². The van der Waals surface area contributed by atoms with E-state index in [-0.39, 0.29) is 11.4 Å². The Morgan fingerprint density at radius 1 is 1.00 bits per heavy atom. The number of amides is 2. The number of rotatable bonds is 4. The molecule has 2 aromatic carbocycles. The molecule has 2 amide bonds. The summed E-state index contributed by atoms with van der Waals surface area (Å²) in [5, 5.41) is 0. The van der Waals surface area contributed by atoms with Gasteiger partial charge < -0.3 is 0 Å². The van der Waals surface area contributed by atoms with Gasteiger partial charge in [0.2, 0.25) is 0 Å². The first-order valence-corrected chi connectivity index (χ1v) is 10.6. The van der Waals surface area contributed by atoms with E-state index >= 15 is 0 Å². The lowest BCUT2D eigenvalue weighted by Crippen LogP contribution is -2.51. The Morgan fingerprint density at radius 2 is 1.67 bits per heavy atom. The van der Waals surface area contributed by atoms with Crippen LogP contribution in [-0.2, 0) is 16.6 Å². The summed E-state index contributed by atoms with van der Waals surface area (Å²) in [6.07, 6.45) is 4.39. The molecule has 142 valence electrons. The highest BCUT2D eigenvalue weighted by Crippen LogP contribution is 2.37. The second-order valence-electron chi connectivity index (χ2n) is 7.15. The van der Waals surface area contributed by atoms with Crippen LogP contribution in [0.25, 0.3) is 0 Å². The van der Waals surface area contributed by atoms with Crippen LogP contribution in [-0.4, -0.2) is 25.3 Å². The Labute approximate surface area is 158 Å². The molecule has 7 heteroatoms. The summed E-state index contributed by atoms with van der Waals surface area (Å²) in [5.41, 5.74) is 1.01. The number of nitrogens with zero attached hydrogens (tertiary/aromatic N) is 2. The van der Waals surface area contributed by atoms with Crippen LogP contribution < -0.4 is 4.90 Å². The summed E-state index contributed by atoms with van der Waals surface area (Å²) in [6, 6.07) is 11.6. The van der Waals surface area contributed by atoms with Crippen molar-refractivity contribution in [2.75, 3.05) is 11.4 Å². The Hall–Kier alpha value is -2.41. The topological polar surface area (TPSA) is 57.7 Å². The van der Waals surface area contributed by atoms with Crippen molar-refractivity contribution in [3.63, 3.8) is 0 Å². The summed E-state index contributed by atoms with van der Waals surface area (Å²) in [6.45, 7) is 0.405. The highest BCUT2D eigenvalue weighted by molar-refractivity contribution is 7.90. The number of sulfonamides is 1. The molecule has 0 unspecified atom stereocenters. The third-order valence-corrected chi connectivity index (χ3v) is 7.09. The molecule has 0 atom stereocenters. The molecule has 1 fully saturated rings. The molecule has 0 aromatic heterocycles. The van der Waals surface area contributed by atoms with Gasteiger partial charge in [-0.1, -0.05) is 37.1 Å². The molecule has 1 aliphatic heterocycles. The molecule has 1 saturated carbocycles. The van der Waals surface area contributed by atoms with E-state index in [4.69, 9.17) is 0 Å². The van der Waals surface area contributed by atoms with Gasteiger partial charge in [-0.25, -0.2) is 21.9 Å². The molecule has 0 radical (unpaired) electrons. The Bertz CT molecular complexity index is 953. The fourth-order valence-electron chi connectivity index (χ4n) is 3.89. The van der Waals surface area contributed by atoms with E-state index in [0.29, 0.717) is 23.7 Å². The van der Waals surface area contributed by atoms with Gasteiger partial charge in [-0.15, -0.1) is 0 Å². The molecule has 27 heavy (non-hydrogen) atoms. The molecule has 0 bridgehead atoms. The van der Waals surface area contributed by atoms with Crippen LogP contribution in [0, 0.1) is 11.7 Å². The molecule has 1 heterocycles. The Kier molecular flexibility index (Phi) is 4.63. The second-order valence-corrected chi connectivity index (χ2v) is 8.98. The molecule has 4 rings (SSSR count). The first kappa shape index (κ1) is 18.0. The predicted molar refractivity (Wildman–Crippen MR) is 100 cm³/mol. The fraction of sp³-hybridized carbons (Fsp3) is 0.350. The third-order valence-electron chi connectivity index (χ3n) is 5.32. The molecule has 0 N–H and O–H groups in total. The first-order chi connectivity index (χ1) is 13.0. The van der Waals surface area contributed by atoms with E-state index in [0.717, 1.165) is 30.0 Å². The van der Waals surface area contributed by atoms with Gasteiger partial charge in [-0.2, -0.15) is 0 Å². The lowest BCUT2D eigenvalue weighted by Gasteiger charge is -2.37. The highest BCUT2D eigenvalue weighted by Gasteiger charge is 2.42. The van der Waals surface area contributed by atoms with Crippen molar-refractivity contribution in [3.8, 4) is 0 Å². The van der Waals surface area contributed by atoms with Gasteiger partial charge >= 0.3 is 6.03 Å². The third kappa shape index (κ3) is 3.32. The number of hydrogen-bond acceptors (Lipinski definition) is 3. The van der Waals surface area contributed by atoms with E-state index in [9.17, 15) is 17.6 Å². The Balaban J connectivity index is 1.72. The van der Waals surface area contributed by atoms with Crippen molar-refractivity contribution >= 4 is 21.7 Å². The number of anilines is 1. The molecule has 1 aliphatic carbocycles. The number of hydrogen-bond donors (Lipinski definition) is 0. The quantitative estimate of drug-likeness (QED) is 0.791. The SMILES string of the molecule is O=C1N(CC2CCCC2)c2ccccc2S(=O)(=O)N1Cc1ccc(F)cc1. The lowest BCUT2D eigenvalue weighted by atomic mass is 10.1. The number of benzene rings is 2. The molecule has 5 nitrogen and oxygen atoms in total. The number of urea groups is 1. The highest BCUT2D eigenvalue weighted by atomic mass is 32.2. The zero-order valence-corrected chi connectivity index (χ0v) is 15.7. The second kappa shape index (κ2) is 6.96. The van der Waals surface area contributed by atoms with E-state index < -0.39 is 21.9 Å². The zero-order valence-electron chi connectivity index (χ0n) is 14.8. The number of halogens is 1. The van der Waals surface area contributed by atoms with E-state index in [1.54, 1.807) is 23.1 Å². The summed E-state index contributed by atoms with van der Waals surface area (Å²) >= 11 is 0. The first-order valence-electron chi connectivity index (χ1n) is 9.14. The minimum absolute atomic E-state index is 0.114. The van der Waals surface area contributed by atoms with Crippen molar-refractivity contribution in [3.05, 3.63) is 59.9 Å². The number of fused-ring (bicyclic) bond motifs is 1. The standard InChI is InChI=1S/C20H21FN2O3S/c21-17-11-9-16(10-12-17)14-23-20(24)22(13-15-5-1-2-6-15)18-7-3-4-8-19(18)27(23,25)26/h3-4,7-12,15H,1-2,5-6,13-14H2. The molecular weight excluding hydrogens is 367 g/mol. The van der Waals surface area contributed by atoms with Crippen molar-refractivity contribution in [1.82, 2.24) is 4.31 Å². The van der Waals surface area contributed by atoms with Crippen LogP contribution in [0.3, 0.4) is 0 Å². The van der Waals surface area contributed by atoms with Crippen molar-refractivity contribution in [2.24, 2.45) is 5.92 Å². The zero-order chi connectivity index (χ0) is 19.0. The van der Waals surface area contributed by atoms with Gasteiger partial charge in [0.05, 0.1) is 12.2 Å². The molecule has 2 aliphatic rings. The van der Waals surface area contributed by atoms with E-state index in [1.165, 1.54) is 30.3 Å². The average molecular weight is 388 g/mol. The van der Waals surface area contributed by atoms with Gasteiger partial charge in [0.1, 0.15) is 10.7 Å². The predicted octanol–water partition coefficient (Wildman–Crippen LogP) is 4.15. The van der Waals surface area contributed by atoms with Crippen LogP contribution in [0.1, 0.15) is 31.2 Å². The summed E-state index contributed by atoms with van der Waals surface area (Å²) < 4.78 is 40.2. The van der Waals surface area contributed by atoms with Crippen LogP contribution >= 0.6 is 0 Å². The number of carbonyl (C=O) groups is 1. The van der Waals surface area contributed by atoms with Crippen LogP contribution in [0.2, 0.25) is 0 Å². The van der Waals surface area contributed by atoms with Gasteiger partial charge in [0, 0.05) is 6.54 Å².